The highest BCUT2D eigenvalue weighted by molar-refractivity contribution is 6.03. The molecule has 13 heavy (non-hydrogen) atoms. The molecule has 0 amide bonds. The summed E-state index contributed by atoms with van der Waals surface area (Å²) in [5, 5.41) is 1.35. The average molecular weight is 183 g/mol. The van der Waals surface area contributed by atoms with Crippen molar-refractivity contribution in [2.75, 3.05) is 13.2 Å². The van der Waals surface area contributed by atoms with Gasteiger partial charge in [-0.1, -0.05) is 13.3 Å². The number of carbonyl (C=O) groups is 1. The molecular formula is C9H13NO3. The van der Waals surface area contributed by atoms with Gasteiger partial charge in [-0.25, -0.2) is 9.86 Å². The minimum absolute atomic E-state index is 0.0381. The smallest absolute Gasteiger partial charge is 0.194 e. The maximum atomic E-state index is 11.0. The molecule has 0 aromatic heterocycles. The Morgan fingerprint density at radius 1 is 1.62 bits per heavy atom. The lowest BCUT2D eigenvalue weighted by Gasteiger charge is -2.15. The first kappa shape index (κ1) is 9.96. The maximum absolute atomic E-state index is 11.0. The summed E-state index contributed by atoms with van der Waals surface area (Å²) in [5.74, 6) is 1.43. The molecule has 0 N–H and O–H groups in total. The number of nitrogens with zero attached hydrogens (tertiary/aromatic N) is 1. The fraction of sp³-hybridized carbons (Fsp3) is 0.667. The van der Waals surface area contributed by atoms with Crippen molar-refractivity contribution in [1.29, 1.82) is 0 Å². The molecule has 0 bridgehead atoms. The molecule has 0 aliphatic carbocycles. The number of ketones is 1. The van der Waals surface area contributed by atoms with Crippen LogP contribution in [0.15, 0.2) is 5.70 Å². The summed E-state index contributed by atoms with van der Waals surface area (Å²) in [6.07, 6.45) is 2.31. The highest BCUT2D eigenvalue weighted by atomic mass is 16.7. The van der Waals surface area contributed by atoms with Crippen molar-refractivity contribution >= 4 is 11.7 Å². The van der Waals surface area contributed by atoms with Gasteiger partial charge in [-0.3, -0.25) is 9.63 Å². The lowest BCUT2D eigenvalue weighted by atomic mass is 10.3. The predicted octanol–water partition coefficient (Wildman–Crippen LogP) is 0.708. The minimum Gasteiger partial charge on any atom is -0.292 e. The Labute approximate surface area is 77.1 Å². The Hall–Kier alpha value is -1.12. The van der Waals surface area contributed by atoms with E-state index in [1.165, 1.54) is 5.06 Å². The minimum atomic E-state index is -0.175. The predicted molar refractivity (Wildman–Crippen MR) is 46.4 cm³/mol. The first-order chi connectivity index (χ1) is 6.29. The van der Waals surface area contributed by atoms with Crippen LogP contribution in [0.1, 0.15) is 26.2 Å². The van der Waals surface area contributed by atoms with Crippen LogP contribution < -0.4 is 0 Å². The van der Waals surface area contributed by atoms with Crippen LogP contribution in [0.5, 0.6) is 0 Å². The van der Waals surface area contributed by atoms with E-state index < -0.39 is 0 Å². The molecule has 0 unspecified atom stereocenters. The van der Waals surface area contributed by atoms with Gasteiger partial charge in [0.05, 0.1) is 13.2 Å². The summed E-state index contributed by atoms with van der Waals surface area (Å²) in [6.45, 7) is 3.08. The second-order valence-electron chi connectivity index (χ2n) is 2.91. The maximum Gasteiger partial charge on any atom is 0.194 e. The van der Waals surface area contributed by atoms with Crippen molar-refractivity contribution in [3.63, 3.8) is 0 Å². The number of hydrogen-bond acceptors (Lipinski definition) is 4. The molecule has 72 valence electrons. The molecule has 1 fully saturated rings. The number of rotatable bonds is 4. The zero-order chi connectivity index (χ0) is 9.68. The molecule has 0 aromatic rings. The molecule has 0 radical (unpaired) electrons. The lowest BCUT2D eigenvalue weighted by Crippen LogP contribution is -2.20. The Morgan fingerprint density at radius 2 is 2.38 bits per heavy atom. The van der Waals surface area contributed by atoms with Crippen molar-refractivity contribution in [3.05, 3.63) is 5.70 Å². The van der Waals surface area contributed by atoms with Crippen molar-refractivity contribution < 1.29 is 14.4 Å². The van der Waals surface area contributed by atoms with E-state index in [0.717, 1.165) is 12.8 Å². The third-order valence-corrected chi connectivity index (χ3v) is 1.90. The van der Waals surface area contributed by atoms with Crippen molar-refractivity contribution in [2.45, 2.75) is 26.2 Å². The summed E-state index contributed by atoms with van der Waals surface area (Å²) >= 11 is 0. The molecule has 0 saturated carbocycles. The first-order valence-electron chi connectivity index (χ1n) is 4.48. The highest BCUT2D eigenvalue weighted by Gasteiger charge is 2.27. The van der Waals surface area contributed by atoms with Gasteiger partial charge in [0.2, 0.25) is 0 Å². The first-order valence-corrected chi connectivity index (χ1v) is 4.48. The van der Waals surface area contributed by atoms with Crippen LogP contribution >= 0.6 is 0 Å². The molecule has 0 spiro atoms. The van der Waals surface area contributed by atoms with Gasteiger partial charge in [-0.2, -0.15) is 0 Å². The van der Waals surface area contributed by atoms with Crippen LogP contribution in [0.3, 0.4) is 0 Å². The number of Topliss-reactive ketones (excluding diaryl/α,β-unsaturated/α-hetero) is 1. The van der Waals surface area contributed by atoms with Gasteiger partial charge in [0.15, 0.2) is 17.4 Å². The highest BCUT2D eigenvalue weighted by Crippen LogP contribution is 2.15. The molecule has 1 rings (SSSR count). The quantitative estimate of drug-likeness (QED) is 0.366. The Bertz CT molecular complexity index is 243. The van der Waals surface area contributed by atoms with E-state index in [0.29, 0.717) is 19.6 Å². The van der Waals surface area contributed by atoms with Gasteiger partial charge in [-0.05, 0) is 6.42 Å². The SMILES string of the molecule is CCCCON1CCC(=O)C1=C=O. The van der Waals surface area contributed by atoms with E-state index in [1.807, 2.05) is 0 Å². The summed E-state index contributed by atoms with van der Waals surface area (Å²) < 4.78 is 0. The third-order valence-electron chi connectivity index (χ3n) is 1.90. The van der Waals surface area contributed by atoms with Crippen molar-refractivity contribution in [3.8, 4) is 0 Å². The number of carbonyl (C=O) groups excluding carboxylic acids is 2. The summed E-state index contributed by atoms with van der Waals surface area (Å²) in [5.41, 5.74) is 0.0381. The largest absolute Gasteiger partial charge is 0.292 e. The van der Waals surface area contributed by atoms with Gasteiger partial charge < -0.3 is 0 Å². The fourth-order valence-electron chi connectivity index (χ4n) is 1.13. The van der Waals surface area contributed by atoms with Gasteiger partial charge in [-0.15, -0.1) is 0 Å². The molecule has 0 atom stereocenters. The fourth-order valence-corrected chi connectivity index (χ4v) is 1.13. The normalized spacial score (nSPS) is 16.5. The average Bonchev–Trinajstić information content (AvgIpc) is 2.47. The molecule has 1 aliphatic rings. The van der Waals surface area contributed by atoms with E-state index in [9.17, 15) is 9.59 Å². The third kappa shape index (κ3) is 2.41. The zero-order valence-electron chi connectivity index (χ0n) is 7.71. The second kappa shape index (κ2) is 4.80. The molecule has 1 heterocycles. The molecule has 1 saturated heterocycles. The van der Waals surface area contributed by atoms with E-state index in [2.05, 4.69) is 6.92 Å². The number of allylic oxidation sites excluding steroid dienone is 1. The lowest BCUT2D eigenvalue weighted by molar-refractivity contribution is -0.127. The number of unbranched alkanes of at least 4 members (excludes halogenated alkanes) is 1. The molecule has 0 aromatic carbocycles. The monoisotopic (exact) mass is 183 g/mol. The van der Waals surface area contributed by atoms with E-state index >= 15 is 0 Å². The van der Waals surface area contributed by atoms with Crippen LogP contribution in [0.25, 0.3) is 0 Å². The van der Waals surface area contributed by atoms with Crippen LogP contribution in [0.4, 0.5) is 0 Å². The number of hydrogen-bond donors (Lipinski definition) is 0. The van der Waals surface area contributed by atoms with Crippen LogP contribution in [-0.2, 0) is 14.4 Å². The van der Waals surface area contributed by atoms with Crippen LogP contribution in [0, 0.1) is 0 Å². The Morgan fingerprint density at radius 3 is 3.00 bits per heavy atom. The summed E-state index contributed by atoms with van der Waals surface area (Å²) in [4.78, 5) is 26.6. The Kier molecular flexibility index (Phi) is 3.68. The zero-order valence-corrected chi connectivity index (χ0v) is 7.71. The summed E-state index contributed by atoms with van der Waals surface area (Å²) in [7, 11) is 0. The topological polar surface area (TPSA) is 46.6 Å². The second-order valence-corrected chi connectivity index (χ2v) is 2.91. The van der Waals surface area contributed by atoms with Crippen LogP contribution in [-0.4, -0.2) is 29.9 Å². The molecular weight excluding hydrogens is 170 g/mol. The van der Waals surface area contributed by atoms with Gasteiger partial charge in [0.25, 0.3) is 0 Å². The summed E-state index contributed by atoms with van der Waals surface area (Å²) in [6, 6.07) is 0. The Balaban J connectivity index is 2.43. The van der Waals surface area contributed by atoms with Gasteiger partial charge in [0.1, 0.15) is 0 Å². The molecule has 4 nitrogen and oxygen atoms in total. The van der Waals surface area contributed by atoms with E-state index in [1.54, 1.807) is 5.94 Å². The molecule has 1 aliphatic heterocycles. The van der Waals surface area contributed by atoms with Gasteiger partial charge >= 0.3 is 0 Å². The molecule has 4 heteroatoms. The van der Waals surface area contributed by atoms with E-state index in [4.69, 9.17) is 4.84 Å². The van der Waals surface area contributed by atoms with Crippen LogP contribution in [0.2, 0.25) is 0 Å². The standard InChI is InChI=1S/C9H13NO3/c1-2-3-6-13-10-5-4-9(12)8(10)7-11/h2-6H2,1H3. The van der Waals surface area contributed by atoms with E-state index in [-0.39, 0.29) is 11.5 Å². The van der Waals surface area contributed by atoms with Gasteiger partial charge in [0, 0.05) is 6.42 Å². The van der Waals surface area contributed by atoms with Crippen molar-refractivity contribution in [2.24, 2.45) is 0 Å². The number of hydroxylamine groups is 2. The van der Waals surface area contributed by atoms with Crippen molar-refractivity contribution in [1.82, 2.24) is 5.06 Å².